The van der Waals surface area contributed by atoms with Crippen molar-refractivity contribution in [3.05, 3.63) is 190 Å². The van der Waals surface area contributed by atoms with Gasteiger partial charge in [-0.2, -0.15) is 0 Å². The van der Waals surface area contributed by atoms with E-state index in [0.717, 1.165) is 0 Å². The van der Waals surface area contributed by atoms with Crippen LogP contribution in [0.5, 0.6) is 0 Å². The normalized spacial score (nSPS) is 12.1. The molecule has 0 aliphatic rings. The molecule has 12 aromatic rings. The third-order valence-electron chi connectivity index (χ3n) is 14.3. The van der Waals surface area contributed by atoms with Crippen LogP contribution in [0.3, 0.4) is 0 Å². The van der Waals surface area contributed by atoms with Crippen molar-refractivity contribution in [3.63, 3.8) is 0 Å². The van der Waals surface area contributed by atoms with Crippen molar-refractivity contribution in [2.75, 3.05) is 9.80 Å². The number of fused-ring (bicyclic) bond motifs is 6. The van der Waals surface area contributed by atoms with Gasteiger partial charge in [-0.15, -0.1) is 22.7 Å². The molecule has 0 unspecified atom stereocenters. The smallest absolute Gasteiger partial charge is 0.0669 e. The van der Waals surface area contributed by atoms with Gasteiger partial charge in [0.2, 0.25) is 0 Å². The molecule has 0 saturated carbocycles. The molecule has 0 radical (unpaired) electrons. The Kier molecular flexibility index (Phi) is 8.76. The first-order chi connectivity index (χ1) is 31.0. The van der Waals surface area contributed by atoms with Crippen LogP contribution < -0.4 is 9.80 Å². The van der Waals surface area contributed by atoms with E-state index in [9.17, 15) is 0 Å². The molecule has 0 N–H and O–H groups in total. The second-order valence-electron chi connectivity index (χ2n) is 18.1. The molecule has 0 aliphatic carbocycles. The summed E-state index contributed by atoms with van der Waals surface area (Å²) in [5, 5.41) is 12.8. The van der Waals surface area contributed by atoms with Crippen LogP contribution in [-0.2, 0) is 0 Å². The molecular formula is C60H48N2S2. The van der Waals surface area contributed by atoms with Gasteiger partial charge in [-0.25, -0.2) is 0 Å². The average Bonchev–Trinajstić information content (AvgIpc) is 3.87. The van der Waals surface area contributed by atoms with Crippen LogP contribution in [0.2, 0.25) is 0 Å². The lowest BCUT2D eigenvalue weighted by Crippen LogP contribution is -2.14. The van der Waals surface area contributed by atoms with E-state index in [-0.39, 0.29) is 0 Å². The molecule has 2 aromatic heterocycles. The molecule has 0 atom stereocenters. The van der Waals surface area contributed by atoms with E-state index < -0.39 is 0 Å². The molecule has 310 valence electrons. The van der Waals surface area contributed by atoms with Gasteiger partial charge in [-0.05, 0) is 170 Å². The van der Waals surface area contributed by atoms with Gasteiger partial charge in [-0.3, -0.25) is 0 Å². The number of aryl methyl sites for hydroxylation is 6. The number of anilines is 6. The van der Waals surface area contributed by atoms with E-state index in [1.165, 1.54) is 151 Å². The summed E-state index contributed by atoms with van der Waals surface area (Å²) in [6.45, 7) is 18.1. The standard InChI is InChI=1S/C60H48N2S2/c1-33-17-23-47-45-13-9-11-15-53(45)63-59(47)57(33)61(43-29-35(3)39(7)36(4)30-43)51-27-21-41-20-26-50-52(28-22-42-19-25-49(51)55(41)56(42)50)62(44-31-37(5)40(8)38(6)32-44)58-34(2)18-24-48-46-14-10-12-16-54(46)64-60(48)58/h9-32H,1-8H3. The largest absolute Gasteiger partial charge is 0.308 e. The molecule has 4 heteroatoms. The minimum Gasteiger partial charge on any atom is -0.308 e. The maximum absolute atomic E-state index is 2.58. The summed E-state index contributed by atoms with van der Waals surface area (Å²) in [7, 11) is 0. The van der Waals surface area contributed by atoms with Crippen molar-refractivity contribution in [3.8, 4) is 0 Å². The monoisotopic (exact) mass is 860 g/mol. The molecule has 0 fully saturated rings. The van der Waals surface area contributed by atoms with Crippen molar-refractivity contribution in [1.29, 1.82) is 0 Å². The topological polar surface area (TPSA) is 6.48 Å². The zero-order valence-corrected chi connectivity index (χ0v) is 39.2. The summed E-state index contributed by atoms with van der Waals surface area (Å²) in [5.41, 5.74) is 17.7. The third-order valence-corrected chi connectivity index (χ3v) is 16.7. The van der Waals surface area contributed by atoms with Gasteiger partial charge in [0.1, 0.15) is 0 Å². The van der Waals surface area contributed by atoms with Crippen LogP contribution in [-0.4, -0.2) is 0 Å². The Morgan fingerprint density at radius 2 is 0.688 bits per heavy atom. The number of hydrogen-bond acceptors (Lipinski definition) is 4. The van der Waals surface area contributed by atoms with E-state index in [0.29, 0.717) is 0 Å². The van der Waals surface area contributed by atoms with Gasteiger partial charge < -0.3 is 9.80 Å². The van der Waals surface area contributed by atoms with Gasteiger partial charge in [0.05, 0.1) is 32.1 Å². The van der Waals surface area contributed by atoms with E-state index in [1.807, 2.05) is 22.7 Å². The lowest BCUT2D eigenvalue weighted by Gasteiger charge is -2.31. The summed E-state index contributed by atoms with van der Waals surface area (Å²) in [6.07, 6.45) is 0. The van der Waals surface area contributed by atoms with Crippen LogP contribution >= 0.6 is 22.7 Å². The predicted molar refractivity (Wildman–Crippen MR) is 283 cm³/mol. The number of hydrogen-bond donors (Lipinski definition) is 0. The Labute approximate surface area is 382 Å². The molecule has 0 aliphatic heterocycles. The highest BCUT2D eigenvalue weighted by molar-refractivity contribution is 7.26. The number of rotatable bonds is 6. The Balaban J connectivity index is 1.17. The zero-order valence-electron chi connectivity index (χ0n) is 37.6. The highest BCUT2D eigenvalue weighted by Gasteiger charge is 2.27. The van der Waals surface area contributed by atoms with Gasteiger partial charge in [0.15, 0.2) is 0 Å². The zero-order chi connectivity index (χ0) is 43.7. The summed E-state index contributed by atoms with van der Waals surface area (Å²) >= 11 is 3.81. The van der Waals surface area contributed by atoms with Crippen LogP contribution in [0.4, 0.5) is 34.1 Å². The van der Waals surface area contributed by atoms with Gasteiger partial charge in [-0.1, -0.05) is 97.1 Å². The lowest BCUT2D eigenvalue weighted by atomic mass is 9.91. The number of benzene rings is 10. The van der Waals surface area contributed by atoms with E-state index in [2.05, 4.69) is 211 Å². The highest BCUT2D eigenvalue weighted by atomic mass is 32.1. The van der Waals surface area contributed by atoms with Crippen molar-refractivity contribution in [2.24, 2.45) is 0 Å². The average molecular weight is 861 g/mol. The molecule has 0 spiro atoms. The van der Waals surface area contributed by atoms with Crippen molar-refractivity contribution >= 4 is 129 Å². The van der Waals surface area contributed by atoms with Crippen molar-refractivity contribution < 1.29 is 0 Å². The van der Waals surface area contributed by atoms with E-state index in [4.69, 9.17) is 0 Å². The first-order valence-corrected chi connectivity index (χ1v) is 24.0. The van der Waals surface area contributed by atoms with Crippen LogP contribution in [0.25, 0.3) is 72.7 Å². The molecule has 0 bridgehead atoms. The van der Waals surface area contributed by atoms with Crippen molar-refractivity contribution in [2.45, 2.75) is 55.4 Å². The second-order valence-corrected chi connectivity index (χ2v) is 20.2. The fourth-order valence-corrected chi connectivity index (χ4v) is 13.1. The molecule has 12 rings (SSSR count). The summed E-state index contributed by atoms with van der Waals surface area (Å²) in [4.78, 5) is 5.16. The summed E-state index contributed by atoms with van der Waals surface area (Å²) in [5.74, 6) is 0. The minimum absolute atomic E-state index is 1.19. The summed E-state index contributed by atoms with van der Waals surface area (Å²) in [6, 6.07) is 55.5. The second kappa shape index (κ2) is 14.4. The van der Waals surface area contributed by atoms with Crippen LogP contribution in [0.1, 0.15) is 44.5 Å². The lowest BCUT2D eigenvalue weighted by molar-refractivity contribution is 1.22. The molecule has 2 nitrogen and oxygen atoms in total. The molecule has 0 amide bonds. The molecule has 64 heavy (non-hydrogen) atoms. The molecule has 2 heterocycles. The Morgan fingerprint density at radius 3 is 1.09 bits per heavy atom. The number of thiophene rings is 2. The highest BCUT2D eigenvalue weighted by Crippen LogP contribution is 2.53. The van der Waals surface area contributed by atoms with E-state index in [1.54, 1.807) is 0 Å². The predicted octanol–water partition coefficient (Wildman–Crippen LogP) is 18.7. The Hall–Kier alpha value is -6.72. The first-order valence-electron chi connectivity index (χ1n) is 22.3. The van der Waals surface area contributed by atoms with Crippen LogP contribution in [0.15, 0.2) is 146 Å². The number of nitrogens with zero attached hydrogens (tertiary/aromatic N) is 2. The van der Waals surface area contributed by atoms with Crippen LogP contribution in [0, 0.1) is 55.4 Å². The molecule has 10 aromatic carbocycles. The summed E-state index contributed by atoms with van der Waals surface area (Å²) < 4.78 is 5.26. The maximum Gasteiger partial charge on any atom is 0.0669 e. The fraction of sp³-hybridized carbons (Fsp3) is 0.133. The maximum atomic E-state index is 2.58. The van der Waals surface area contributed by atoms with Crippen molar-refractivity contribution in [1.82, 2.24) is 0 Å². The van der Waals surface area contributed by atoms with Gasteiger partial charge in [0, 0.05) is 53.1 Å². The third kappa shape index (κ3) is 5.68. The van der Waals surface area contributed by atoms with E-state index >= 15 is 0 Å². The quantitative estimate of drug-likeness (QED) is 0.154. The fourth-order valence-electron chi connectivity index (χ4n) is 10.5. The Bertz CT molecular complexity index is 3600. The Morgan fingerprint density at radius 1 is 0.328 bits per heavy atom. The van der Waals surface area contributed by atoms with Gasteiger partial charge in [0.25, 0.3) is 0 Å². The first kappa shape index (κ1) is 38.9. The minimum atomic E-state index is 1.19. The SMILES string of the molecule is Cc1cc(N(c2ccc3ccc4c(N(c5cc(C)c(C)c(C)c5)c5c(C)ccc6c5sc5ccccc56)ccc5ccc2c3c54)c2c(C)ccc3c2sc2ccccc23)cc(C)c1C. The van der Waals surface area contributed by atoms with Gasteiger partial charge >= 0.3 is 0 Å². The molecular weight excluding hydrogens is 813 g/mol. The molecule has 0 saturated heterocycles.